The molecule has 0 atom stereocenters. The third kappa shape index (κ3) is 3.08. The van der Waals surface area contributed by atoms with Crippen LogP contribution in [0.5, 0.6) is 0 Å². The highest BCUT2D eigenvalue weighted by Gasteiger charge is 2.04. The number of fused-ring (bicyclic) bond motifs is 1. The lowest BCUT2D eigenvalue weighted by Crippen LogP contribution is -2.12. The first kappa shape index (κ1) is 13.5. The second kappa shape index (κ2) is 6.27. The van der Waals surface area contributed by atoms with Crippen molar-refractivity contribution in [3.05, 3.63) is 36.0 Å². The Kier molecular flexibility index (Phi) is 4.44. The zero-order chi connectivity index (χ0) is 13.7. The lowest BCUT2D eigenvalue weighted by atomic mass is 10.1. The molecule has 0 unspecified atom stereocenters. The van der Waals surface area contributed by atoms with Crippen LogP contribution in [-0.4, -0.2) is 15.6 Å². The zero-order valence-electron chi connectivity index (χ0n) is 11.3. The van der Waals surface area contributed by atoms with Crippen molar-refractivity contribution in [3.8, 4) is 0 Å². The van der Waals surface area contributed by atoms with E-state index in [1.54, 1.807) is 0 Å². The van der Waals surface area contributed by atoms with Crippen molar-refractivity contribution in [1.82, 2.24) is 4.57 Å². The van der Waals surface area contributed by atoms with E-state index < -0.39 is 0 Å². The normalized spacial score (nSPS) is 12.2. The first-order chi connectivity index (χ1) is 9.26. The molecular weight excluding hydrogens is 238 g/mol. The van der Waals surface area contributed by atoms with Crippen LogP contribution in [0.2, 0.25) is 0 Å². The molecule has 4 heteroatoms. The van der Waals surface area contributed by atoms with Crippen LogP contribution in [0.4, 0.5) is 0 Å². The predicted molar refractivity (Wildman–Crippen MR) is 78.6 cm³/mol. The van der Waals surface area contributed by atoms with Gasteiger partial charge in [-0.25, -0.2) is 0 Å². The minimum Gasteiger partial charge on any atom is -0.409 e. The highest BCUT2D eigenvalue weighted by atomic mass is 16.4. The molecule has 0 amide bonds. The number of nitrogens with zero attached hydrogens (tertiary/aromatic N) is 2. The van der Waals surface area contributed by atoms with Gasteiger partial charge in [0, 0.05) is 29.2 Å². The van der Waals surface area contributed by atoms with Gasteiger partial charge in [-0.3, -0.25) is 0 Å². The van der Waals surface area contributed by atoms with Crippen molar-refractivity contribution in [3.63, 3.8) is 0 Å². The SMILES string of the molecule is CCCCCCn1ccc2cc(/C(N)=N/O)ccc21. The van der Waals surface area contributed by atoms with E-state index in [0.29, 0.717) is 0 Å². The Labute approximate surface area is 113 Å². The second-order valence-electron chi connectivity index (χ2n) is 4.83. The van der Waals surface area contributed by atoms with Crippen molar-refractivity contribution in [2.24, 2.45) is 10.9 Å². The fourth-order valence-electron chi connectivity index (χ4n) is 2.32. The molecule has 2 rings (SSSR count). The summed E-state index contributed by atoms with van der Waals surface area (Å²) in [4.78, 5) is 0. The fourth-order valence-corrected chi connectivity index (χ4v) is 2.32. The maximum atomic E-state index is 8.69. The Morgan fingerprint density at radius 3 is 2.84 bits per heavy atom. The molecule has 0 aliphatic heterocycles. The van der Waals surface area contributed by atoms with Gasteiger partial charge in [0.05, 0.1) is 0 Å². The highest BCUT2D eigenvalue weighted by Crippen LogP contribution is 2.18. The third-order valence-corrected chi connectivity index (χ3v) is 3.43. The molecule has 0 spiro atoms. The smallest absolute Gasteiger partial charge is 0.170 e. The van der Waals surface area contributed by atoms with Crippen molar-refractivity contribution in [1.29, 1.82) is 0 Å². The first-order valence-electron chi connectivity index (χ1n) is 6.83. The van der Waals surface area contributed by atoms with Gasteiger partial charge >= 0.3 is 0 Å². The summed E-state index contributed by atoms with van der Waals surface area (Å²) in [7, 11) is 0. The van der Waals surface area contributed by atoms with E-state index in [9.17, 15) is 0 Å². The van der Waals surface area contributed by atoms with Gasteiger partial charge in [-0.15, -0.1) is 0 Å². The van der Waals surface area contributed by atoms with Gasteiger partial charge in [0.15, 0.2) is 5.84 Å². The Bertz CT molecular complexity index is 572. The summed E-state index contributed by atoms with van der Waals surface area (Å²) in [6.45, 7) is 3.27. The number of benzene rings is 1. The Balaban J connectivity index is 2.15. The van der Waals surface area contributed by atoms with Crippen molar-refractivity contribution >= 4 is 16.7 Å². The molecule has 1 heterocycles. The summed E-state index contributed by atoms with van der Waals surface area (Å²) in [5.41, 5.74) is 7.55. The minimum atomic E-state index is 0.151. The van der Waals surface area contributed by atoms with Crippen LogP contribution in [0.1, 0.15) is 38.2 Å². The van der Waals surface area contributed by atoms with Crippen molar-refractivity contribution < 1.29 is 5.21 Å². The van der Waals surface area contributed by atoms with Gasteiger partial charge < -0.3 is 15.5 Å². The van der Waals surface area contributed by atoms with Crippen LogP contribution in [-0.2, 0) is 6.54 Å². The molecule has 1 aromatic heterocycles. The number of rotatable bonds is 6. The van der Waals surface area contributed by atoms with Gasteiger partial charge in [-0.2, -0.15) is 0 Å². The van der Waals surface area contributed by atoms with Gasteiger partial charge in [0.25, 0.3) is 0 Å². The summed E-state index contributed by atoms with van der Waals surface area (Å²) in [6, 6.07) is 7.94. The number of hydrogen-bond donors (Lipinski definition) is 2. The summed E-state index contributed by atoms with van der Waals surface area (Å²) in [5, 5.41) is 12.8. The summed E-state index contributed by atoms with van der Waals surface area (Å²) >= 11 is 0. The average molecular weight is 259 g/mol. The number of unbranched alkanes of at least 4 members (excludes halogenated alkanes) is 3. The van der Waals surface area contributed by atoms with E-state index in [4.69, 9.17) is 10.9 Å². The summed E-state index contributed by atoms with van der Waals surface area (Å²) in [5.74, 6) is 0.151. The number of amidine groups is 1. The molecule has 0 saturated carbocycles. The van der Waals surface area contributed by atoms with E-state index in [-0.39, 0.29) is 5.84 Å². The molecule has 0 aliphatic rings. The topological polar surface area (TPSA) is 63.5 Å². The van der Waals surface area contributed by atoms with Gasteiger partial charge in [0.2, 0.25) is 0 Å². The van der Waals surface area contributed by atoms with Crippen LogP contribution in [0.25, 0.3) is 10.9 Å². The van der Waals surface area contributed by atoms with Crippen LogP contribution >= 0.6 is 0 Å². The second-order valence-corrected chi connectivity index (χ2v) is 4.83. The molecule has 3 N–H and O–H groups in total. The van der Waals surface area contributed by atoms with E-state index in [1.165, 1.54) is 31.2 Å². The minimum absolute atomic E-state index is 0.151. The lowest BCUT2D eigenvalue weighted by molar-refractivity contribution is 0.318. The van der Waals surface area contributed by atoms with Crippen LogP contribution in [0.3, 0.4) is 0 Å². The zero-order valence-corrected chi connectivity index (χ0v) is 11.3. The van der Waals surface area contributed by atoms with Crippen LogP contribution < -0.4 is 5.73 Å². The molecule has 0 fully saturated rings. The lowest BCUT2D eigenvalue weighted by Gasteiger charge is -2.06. The maximum absolute atomic E-state index is 8.69. The average Bonchev–Trinajstić information content (AvgIpc) is 2.85. The van der Waals surface area contributed by atoms with E-state index in [0.717, 1.165) is 17.5 Å². The maximum Gasteiger partial charge on any atom is 0.170 e. The van der Waals surface area contributed by atoms with Crippen LogP contribution in [0.15, 0.2) is 35.6 Å². The number of nitrogens with two attached hydrogens (primary N) is 1. The standard InChI is InChI=1S/C15H21N3O/c1-2-3-4-5-9-18-10-8-12-11-13(15(16)17-19)6-7-14(12)18/h6-8,10-11,19H,2-5,9H2,1H3,(H2,16,17). The van der Waals surface area contributed by atoms with Gasteiger partial charge in [-0.05, 0) is 30.7 Å². The Morgan fingerprint density at radius 1 is 1.26 bits per heavy atom. The number of oxime groups is 1. The van der Waals surface area contributed by atoms with Gasteiger partial charge in [-0.1, -0.05) is 31.3 Å². The molecule has 19 heavy (non-hydrogen) atoms. The summed E-state index contributed by atoms with van der Waals surface area (Å²) in [6.07, 6.45) is 7.15. The molecule has 102 valence electrons. The van der Waals surface area contributed by atoms with E-state index >= 15 is 0 Å². The number of hydrogen-bond acceptors (Lipinski definition) is 2. The van der Waals surface area contributed by atoms with Gasteiger partial charge in [0.1, 0.15) is 0 Å². The van der Waals surface area contributed by atoms with E-state index in [1.807, 2.05) is 18.2 Å². The molecule has 4 nitrogen and oxygen atoms in total. The number of aromatic nitrogens is 1. The monoisotopic (exact) mass is 259 g/mol. The number of aryl methyl sites for hydroxylation is 1. The molecule has 0 saturated heterocycles. The van der Waals surface area contributed by atoms with Crippen LogP contribution in [0, 0.1) is 0 Å². The van der Waals surface area contributed by atoms with Crippen molar-refractivity contribution in [2.45, 2.75) is 39.2 Å². The molecule has 0 aliphatic carbocycles. The molecule has 1 aromatic carbocycles. The van der Waals surface area contributed by atoms with Crippen molar-refractivity contribution in [2.75, 3.05) is 0 Å². The predicted octanol–water partition coefficient (Wildman–Crippen LogP) is 3.32. The molecular formula is C15H21N3O. The highest BCUT2D eigenvalue weighted by molar-refractivity contribution is 6.00. The molecule has 2 aromatic rings. The Hall–Kier alpha value is -1.97. The third-order valence-electron chi connectivity index (χ3n) is 3.43. The largest absolute Gasteiger partial charge is 0.409 e. The fraction of sp³-hybridized carbons (Fsp3) is 0.400. The van der Waals surface area contributed by atoms with E-state index in [2.05, 4.69) is 28.9 Å². The molecule has 0 bridgehead atoms. The quantitative estimate of drug-likeness (QED) is 0.275. The Morgan fingerprint density at radius 2 is 2.11 bits per heavy atom. The summed E-state index contributed by atoms with van der Waals surface area (Å²) < 4.78 is 2.26. The first-order valence-corrected chi connectivity index (χ1v) is 6.83. The molecule has 0 radical (unpaired) electrons.